The quantitative estimate of drug-likeness (QED) is 0.398. The van der Waals surface area contributed by atoms with Crippen molar-refractivity contribution >= 4 is 29.9 Å². The third-order valence-electron chi connectivity index (χ3n) is 4.28. The second-order valence-electron chi connectivity index (χ2n) is 6.89. The standard InChI is InChI=1S/C19H31N3O.HI/c1-14(2)11-16-5-7-18(8-6-16)15(3)22-19(20-4)21-12-17-9-10-23-13-17;/h5-8,14-15,17H,9-13H2,1-4H3,(H2,20,21,22);1H. The Labute approximate surface area is 163 Å². The maximum absolute atomic E-state index is 5.41. The van der Waals surface area contributed by atoms with Gasteiger partial charge in [-0.05, 0) is 36.8 Å². The number of hydrogen-bond donors (Lipinski definition) is 2. The zero-order chi connectivity index (χ0) is 16.7. The minimum Gasteiger partial charge on any atom is -0.381 e. The van der Waals surface area contributed by atoms with Crippen LogP contribution in [0.25, 0.3) is 0 Å². The van der Waals surface area contributed by atoms with Gasteiger partial charge in [0.2, 0.25) is 0 Å². The van der Waals surface area contributed by atoms with E-state index in [0.29, 0.717) is 11.8 Å². The molecule has 0 bridgehead atoms. The Morgan fingerprint density at radius 1 is 1.25 bits per heavy atom. The first-order chi connectivity index (χ1) is 11.1. The number of halogens is 1. The highest BCUT2D eigenvalue weighted by Gasteiger charge is 2.16. The van der Waals surface area contributed by atoms with Crippen molar-refractivity contribution in [2.75, 3.05) is 26.8 Å². The van der Waals surface area contributed by atoms with Gasteiger partial charge in [0, 0.05) is 26.1 Å². The smallest absolute Gasteiger partial charge is 0.191 e. The second kappa shape index (κ2) is 10.9. The van der Waals surface area contributed by atoms with E-state index in [2.05, 4.69) is 60.7 Å². The molecule has 1 aliphatic heterocycles. The number of hydrogen-bond acceptors (Lipinski definition) is 2. The molecule has 4 nitrogen and oxygen atoms in total. The normalized spacial score (nSPS) is 19.0. The van der Waals surface area contributed by atoms with Crippen molar-refractivity contribution in [3.63, 3.8) is 0 Å². The van der Waals surface area contributed by atoms with Gasteiger partial charge >= 0.3 is 0 Å². The molecule has 5 heteroatoms. The van der Waals surface area contributed by atoms with Gasteiger partial charge in [0.15, 0.2) is 5.96 Å². The number of benzene rings is 1. The van der Waals surface area contributed by atoms with Crippen molar-refractivity contribution in [2.45, 2.75) is 39.7 Å². The molecule has 24 heavy (non-hydrogen) atoms. The van der Waals surface area contributed by atoms with Crippen molar-refractivity contribution in [1.29, 1.82) is 0 Å². The molecular formula is C19H32IN3O. The molecule has 2 N–H and O–H groups in total. The van der Waals surface area contributed by atoms with Crippen LogP contribution in [0.15, 0.2) is 29.3 Å². The fraction of sp³-hybridized carbons (Fsp3) is 0.632. The summed E-state index contributed by atoms with van der Waals surface area (Å²) < 4.78 is 5.41. The number of guanidine groups is 1. The van der Waals surface area contributed by atoms with Gasteiger partial charge in [-0.2, -0.15) is 0 Å². The lowest BCUT2D eigenvalue weighted by Gasteiger charge is -2.20. The number of nitrogens with one attached hydrogen (secondary N) is 2. The van der Waals surface area contributed by atoms with E-state index in [4.69, 9.17) is 4.74 Å². The average molecular weight is 445 g/mol. The van der Waals surface area contributed by atoms with Crippen molar-refractivity contribution < 1.29 is 4.74 Å². The van der Waals surface area contributed by atoms with Crippen LogP contribution in [0.3, 0.4) is 0 Å². The lowest BCUT2D eigenvalue weighted by molar-refractivity contribution is 0.186. The van der Waals surface area contributed by atoms with Crippen molar-refractivity contribution in [1.82, 2.24) is 10.6 Å². The highest BCUT2D eigenvalue weighted by atomic mass is 127. The molecule has 1 fully saturated rings. The first-order valence-corrected chi connectivity index (χ1v) is 8.72. The van der Waals surface area contributed by atoms with Gasteiger partial charge in [-0.15, -0.1) is 24.0 Å². The molecule has 1 aromatic carbocycles. The monoisotopic (exact) mass is 445 g/mol. The van der Waals surface area contributed by atoms with Crippen LogP contribution in [0.1, 0.15) is 44.4 Å². The lowest BCUT2D eigenvalue weighted by Crippen LogP contribution is -2.41. The van der Waals surface area contributed by atoms with Gasteiger partial charge in [-0.25, -0.2) is 0 Å². The molecular weight excluding hydrogens is 413 g/mol. The predicted octanol–water partition coefficient (Wildman–Crippen LogP) is 3.77. The molecule has 1 aliphatic rings. The summed E-state index contributed by atoms with van der Waals surface area (Å²) in [6.45, 7) is 9.34. The molecule has 136 valence electrons. The van der Waals surface area contributed by atoms with Gasteiger partial charge < -0.3 is 15.4 Å². The van der Waals surface area contributed by atoms with Crippen LogP contribution in [0.2, 0.25) is 0 Å². The SMILES string of the molecule is CN=C(NCC1CCOC1)NC(C)c1ccc(CC(C)C)cc1.I. The molecule has 0 aromatic heterocycles. The zero-order valence-electron chi connectivity index (χ0n) is 15.3. The Hall–Kier alpha value is -0.820. The molecule has 0 aliphatic carbocycles. The molecule has 0 spiro atoms. The number of aliphatic imine (C=N–C) groups is 1. The molecule has 2 atom stereocenters. The first kappa shape index (κ1) is 21.2. The van der Waals surface area contributed by atoms with Gasteiger partial charge in [0.1, 0.15) is 0 Å². The third-order valence-corrected chi connectivity index (χ3v) is 4.28. The molecule has 0 radical (unpaired) electrons. The van der Waals surface area contributed by atoms with Crippen LogP contribution >= 0.6 is 24.0 Å². The Morgan fingerprint density at radius 2 is 1.96 bits per heavy atom. The van der Waals surface area contributed by atoms with Gasteiger partial charge in [-0.3, -0.25) is 4.99 Å². The maximum atomic E-state index is 5.41. The summed E-state index contributed by atoms with van der Waals surface area (Å²) in [7, 11) is 1.82. The fourth-order valence-electron chi connectivity index (χ4n) is 2.88. The van der Waals surface area contributed by atoms with Gasteiger partial charge in [0.05, 0.1) is 12.6 Å². The van der Waals surface area contributed by atoms with E-state index in [-0.39, 0.29) is 30.0 Å². The Kier molecular flexibility index (Phi) is 9.66. The number of nitrogens with zero attached hydrogens (tertiary/aromatic N) is 1. The molecule has 1 heterocycles. The van der Waals surface area contributed by atoms with E-state index in [0.717, 1.165) is 38.6 Å². The lowest BCUT2D eigenvalue weighted by atomic mass is 10.00. The predicted molar refractivity (Wildman–Crippen MR) is 112 cm³/mol. The molecule has 1 saturated heterocycles. The topological polar surface area (TPSA) is 45.7 Å². The van der Waals surface area contributed by atoms with Crippen LogP contribution in [-0.4, -0.2) is 32.8 Å². The van der Waals surface area contributed by atoms with Gasteiger partial charge in [-0.1, -0.05) is 38.1 Å². The van der Waals surface area contributed by atoms with Crippen LogP contribution in [0.5, 0.6) is 0 Å². The highest BCUT2D eigenvalue weighted by molar-refractivity contribution is 14.0. The number of ether oxygens (including phenoxy) is 1. The van der Waals surface area contributed by atoms with E-state index < -0.39 is 0 Å². The van der Waals surface area contributed by atoms with Gasteiger partial charge in [0.25, 0.3) is 0 Å². The fourth-order valence-corrected chi connectivity index (χ4v) is 2.88. The zero-order valence-corrected chi connectivity index (χ0v) is 17.7. The highest BCUT2D eigenvalue weighted by Crippen LogP contribution is 2.15. The van der Waals surface area contributed by atoms with Crippen LogP contribution in [0, 0.1) is 11.8 Å². The van der Waals surface area contributed by atoms with Crippen LogP contribution < -0.4 is 10.6 Å². The first-order valence-electron chi connectivity index (χ1n) is 8.72. The molecule has 1 aromatic rings. The summed E-state index contributed by atoms with van der Waals surface area (Å²) in [6, 6.07) is 9.13. The Balaban J connectivity index is 0.00000288. The van der Waals surface area contributed by atoms with E-state index in [1.54, 1.807) is 0 Å². The van der Waals surface area contributed by atoms with Crippen LogP contribution in [0.4, 0.5) is 0 Å². The summed E-state index contributed by atoms with van der Waals surface area (Å²) in [5.74, 6) is 2.15. The third kappa shape index (κ3) is 6.97. The second-order valence-corrected chi connectivity index (χ2v) is 6.89. The Morgan fingerprint density at radius 3 is 2.50 bits per heavy atom. The van der Waals surface area contributed by atoms with Crippen molar-refractivity contribution in [2.24, 2.45) is 16.8 Å². The largest absolute Gasteiger partial charge is 0.381 e. The average Bonchev–Trinajstić information content (AvgIpc) is 3.04. The summed E-state index contributed by atoms with van der Waals surface area (Å²) in [6.07, 6.45) is 2.27. The minimum atomic E-state index is 0. The maximum Gasteiger partial charge on any atom is 0.191 e. The molecule has 2 unspecified atom stereocenters. The van der Waals surface area contributed by atoms with Crippen molar-refractivity contribution in [3.8, 4) is 0 Å². The summed E-state index contributed by atoms with van der Waals surface area (Å²) >= 11 is 0. The summed E-state index contributed by atoms with van der Waals surface area (Å²) in [5, 5.41) is 6.87. The van der Waals surface area contributed by atoms with E-state index >= 15 is 0 Å². The van der Waals surface area contributed by atoms with Crippen LogP contribution in [-0.2, 0) is 11.2 Å². The Bertz CT molecular complexity index is 496. The molecule has 0 amide bonds. The van der Waals surface area contributed by atoms with E-state index in [9.17, 15) is 0 Å². The number of rotatable bonds is 6. The minimum absolute atomic E-state index is 0. The summed E-state index contributed by atoms with van der Waals surface area (Å²) in [4.78, 5) is 4.33. The summed E-state index contributed by atoms with van der Waals surface area (Å²) in [5.41, 5.74) is 2.68. The van der Waals surface area contributed by atoms with E-state index in [1.807, 2.05) is 7.05 Å². The van der Waals surface area contributed by atoms with E-state index in [1.165, 1.54) is 11.1 Å². The molecule has 2 rings (SSSR count). The van der Waals surface area contributed by atoms with Crippen molar-refractivity contribution in [3.05, 3.63) is 35.4 Å². The molecule has 0 saturated carbocycles.